The van der Waals surface area contributed by atoms with E-state index in [2.05, 4.69) is 0 Å². The Kier molecular flexibility index (Phi) is 4.14. The summed E-state index contributed by atoms with van der Waals surface area (Å²) in [6, 6.07) is 4.47. The fourth-order valence-electron chi connectivity index (χ4n) is 2.18. The lowest BCUT2D eigenvalue weighted by Crippen LogP contribution is -2.30. The minimum Gasteiger partial charge on any atom is -0.460 e. The van der Waals surface area contributed by atoms with E-state index in [1.165, 1.54) is 12.1 Å². The summed E-state index contributed by atoms with van der Waals surface area (Å²) < 4.78 is 5.58. The van der Waals surface area contributed by atoms with Crippen LogP contribution in [-0.4, -0.2) is 23.9 Å². The zero-order valence-electron chi connectivity index (χ0n) is 11.7. The standard InChI is InChI=1S/C15H16ClNO3/c1-4-17(5-2)15(19)12-8-10(16)7-11-13(18)6-9(3)20-14(11)12/h6-8H,4-5H2,1-3H3. The van der Waals surface area contributed by atoms with Crippen LogP contribution in [0, 0.1) is 6.92 Å². The molecule has 0 aliphatic heterocycles. The van der Waals surface area contributed by atoms with Gasteiger partial charge in [-0.1, -0.05) is 11.6 Å². The molecule has 0 aliphatic carbocycles. The first-order valence-corrected chi connectivity index (χ1v) is 6.89. The third kappa shape index (κ3) is 2.56. The summed E-state index contributed by atoms with van der Waals surface area (Å²) in [5.41, 5.74) is 0.438. The molecule has 106 valence electrons. The average Bonchev–Trinajstić information content (AvgIpc) is 2.40. The second kappa shape index (κ2) is 5.67. The maximum atomic E-state index is 12.5. The molecule has 0 atom stereocenters. The number of fused-ring (bicyclic) bond motifs is 1. The van der Waals surface area contributed by atoms with Gasteiger partial charge in [0.25, 0.3) is 5.91 Å². The van der Waals surface area contributed by atoms with Gasteiger partial charge in [-0.2, -0.15) is 0 Å². The molecule has 0 saturated heterocycles. The van der Waals surface area contributed by atoms with Crippen molar-refractivity contribution in [1.82, 2.24) is 4.90 Å². The van der Waals surface area contributed by atoms with E-state index >= 15 is 0 Å². The van der Waals surface area contributed by atoms with Gasteiger partial charge in [-0.15, -0.1) is 0 Å². The number of hydrogen-bond donors (Lipinski definition) is 0. The van der Waals surface area contributed by atoms with Crippen molar-refractivity contribution in [3.8, 4) is 0 Å². The monoisotopic (exact) mass is 293 g/mol. The van der Waals surface area contributed by atoms with Crippen molar-refractivity contribution in [2.24, 2.45) is 0 Å². The number of hydrogen-bond acceptors (Lipinski definition) is 3. The predicted molar refractivity (Wildman–Crippen MR) is 79.5 cm³/mol. The Bertz CT molecular complexity index is 717. The lowest BCUT2D eigenvalue weighted by Gasteiger charge is -2.19. The van der Waals surface area contributed by atoms with E-state index in [0.29, 0.717) is 40.4 Å². The number of halogens is 1. The molecule has 20 heavy (non-hydrogen) atoms. The normalized spacial score (nSPS) is 10.8. The predicted octanol–water partition coefficient (Wildman–Crippen LogP) is 3.24. The molecule has 0 bridgehead atoms. The van der Waals surface area contributed by atoms with Crippen LogP contribution in [0.2, 0.25) is 5.02 Å². The van der Waals surface area contributed by atoms with Crippen LogP contribution in [0.5, 0.6) is 0 Å². The van der Waals surface area contributed by atoms with Crippen molar-refractivity contribution >= 4 is 28.5 Å². The largest absolute Gasteiger partial charge is 0.460 e. The van der Waals surface area contributed by atoms with Crippen LogP contribution in [0.1, 0.15) is 30.0 Å². The summed E-state index contributed by atoms with van der Waals surface area (Å²) >= 11 is 6.02. The third-order valence-corrected chi connectivity index (χ3v) is 3.42. The van der Waals surface area contributed by atoms with Gasteiger partial charge >= 0.3 is 0 Å². The van der Waals surface area contributed by atoms with Gasteiger partial charge in [0.2, 0.25) is 0 Å². The Morgan fingerprint density at radius 2 is 1.90 bits per heavy atom. The molecule has 1 aromatic heterocycles. The molecule has 0 spiro atoms. The first-order valence-electron chi connectivity index (χ1n) is 6.51. The quantitative estimate of drug-likeness (QED) is 0.873. The van der Waals surface area contributed by atoms with Crippen LogP contribution in [0.3, 0.4) is 0 Å². The lowest BCUT2D eigenvalue weighted by atomic mass is 10.1. The number of aryl methyl sites for hydroxylation is 1. The zero-order valence-corrected chi connectivity index (χ0v) is 12.5. The molecule has 0 fully saturated rings. The molecule has 1 aromatic carbocycles. The highest BCUT2D eigenvalue weighted by Gasteiger charge is 2.19. The number of amides is 1. The molecule has 0 radical (unpaired) electrons. The van der Waals surface area contributed by atoms with Crippen LogP contribution in [-0.2, 0) is 0 Å². The van der Waals surface area contributed by atoms with Crippen molar-refractivity contribution in [2.75, 3.05) is 13.1 Å². The Balaban J connectivity index is 2.75. The molecule has 1 heterocycles. The highest BCUT2D eigenvalue weighted by atomic mass is 35.5. The van der Waals surface area contributed by atoms with Crippen LogP contribution >= 0.6 is 11.6 Å². The molecule has 0 unspecified atom stereocenters. The topological polar surface area (TPSA) is 50.5 Å². The zero-order chi connectivity index (χ0) is 14.9. The Hall–Kier alpha value is -1.81. The first kappa shape index (κ1) is 14.6. The van der Waals surface area contributed by atoms with Crippen molar-refractivity contribution < 1.29 is 9.21 Å². The molecule has 5 heteroatoms. The average molecular weight is 294 g/mol. The van der Waals surface area contributed by atoms with E-state index in [1.807, 2.05) is 13.8 Å². The highest BCUT2D eigenvalue weighted by molar-refractivity contribution is 6.32. The molecule has 4 nitrogen and oxygen atoms in total. The van der Waals surface area contributed by atoms with Crippen molar-refractivity contribution in [3.05, 3.63) is 44.8 Å². The van der Waals surface area contributed by atoms with Crippen molar-refractivity contribution in [3.63, 3.8) is 0 Å². The van der Waals surface area contributed by atoms with Crippen LogP contribution in [0.15, 0.2) is 27.4 Å². The van der Waals surface area contributed by atoms with Crippen LogP contribution in [0.4, 0.5) is 0 Å². The van der Waals surface area contributed by atoms with E-state index in [9.17, 15) is 9.59 Å². The molecule has 1 amide bonds. The SMILES string of the molecule is CCN(CC)C(=O)c1cc(Cl)cc2c(=O)cc(C)oc12. The van der Waals surface area contributed by atoms with Gasteiger partial charge in [-0.3, -0.25) is 9.59 Å². The summed E-state index contributed by atoms with van der Waals surface area (Å²) in [7, 11) is 0. The minimum atomic E-state index is -0.195. The molecular weight excluding hydrogens is 278 g/mol. The number of nitrogens with zero attached hydrogens (tertiary/aromatic N) is 1. The van der Waals surface area contributed by atoms with Gasteiger partial charge in [0.15, 0.2) is 11.0 Å². The van der Waals surface area contributed by atoms with E-state index < -0.39 is 0 Å². The van der Waals surface area contributed by atoms with Gasteiger partial charge in [0.05, 0.1) is 10.9 Å². The first-order chi connectivity index (χ1) is 9.47. The van der Waals surface area contributed by atoms with E-state index in [-0.39, 0.29) is 11.3 Å². The number of benzene rings is 1. The number of carbonyl (C=O) groups is 1. The Labute approximate surface area is 121 Å². The van der Waals surface area contributed by atoms with Crippen LogP contribution in [0.25, 0.3) is 11.0 Å². The fourth-order valence-corrected chi connectivity index (χ4v) is 2.40. The molecule has 2 rings (SSSR count). The van der Waals surface area contributed by atoms with Gasteiger partial charge in [-0.25, -0.2) is 0 Å². The maximum Gasteiger partial charge on any atom is 0.257 e. The summed E-state index contributed by atoms with van der Waals surface area (Å²) in [4.78, 5) is 26.2. The maximum absolute atomic E-state index is 12.5. The van der Waals surface area contributed by atoms with Gasteiger partial charge in [-0.05, 0) is 32.9 Å². The molecule has 2 aromatic rings. The molecule has 0 N–H and O–H groups in total. The van der Waals surface area contributed by atoms with Crippen LogP contribution < -0.4 is 5.43 Å². The molecule has 0 aliphatic rings. The third-order valence-electron chi connectivity index (χ3n) is 3.20. The van der Waals surface area contributed by atoms with Gasteiger partial charge in [0, 0.05) is 24.2 Å². The smallest absolute Gasteiger partial charge is 0.257 e. The number of carbonyl (C=O) groups excluding carboxylic acids is 1. The summed E-state index contributed by atoms with van der Waals surface area (Å²) in [5.74, 6) is 0.287. The van der Waals surface area contributed by atoms with Crippen molar-refractivity contribution in [1.29, 1.82) is 0 Å². The lowest BCUT2D eigenvalue weighted by molar-refractivity contribution is 0.0773. The second-order valence-corrected chi connectivity index (χ2v) is 4.97. The molecular formula is C15H16ClNO3. The summed E-state index contributed by atoms with van der Waals surface area (Å²) in [6.07, 6.45) is 0. The Morgan fingerprint density at radius 1 is 1.25 bits per heavy atom. The summed E-state index contributed by atoms with van der Waals surface area (Å²) in [5, 5.41) is 0.683. The van der Waals surface area contributed by atoms with E-state index in [4.69, 9.17) is 16.0 Å². The highest BCUT2D eigenvalue weighted by Crippen LogP contribution is 2.24. The summed E-state index contributed by atoms with van der Waals surface area (Å²) in [6.45, 7) is 6.64. The second-order valence-electron chi connectivity index (χ2n) is 4.53. The minimum absolute atomic E-state index is 0.184. The number of rotatable bonds is 3. The van der Waals surface area contributed by atoms with E-state index in [0.717, 1.165) is 0 Å². The Morgan fingerprint density at radius 3 is 2.50 bits per heavy atom. The van der Waals surface area contributed by atoms with Crippen molar-refractivity contribution in [2.45, 2.75) is 20.8 Å². The van der Waals surface area contributed by atoms with Gasteiger partial charge < -0.3 is 9.32 Å². The fraction of sp³-hybridized carbons (Fsp3) is 0.333. The van der Waals surface area contributed by atoms with E-state index in [1.54, 1.807) is 17.9 Å². The molecule has 0 saturated carbocycles. The van der Waals surface area contributed by atoms with Gasteiger partial charge in [0.1, 0.15) is 5.76 Å².